The maximum Gasteiger partial charge on any atom is 0.268 e. The fourth-order valence-corrected chi connectivity index (χ4v) is 8.22. The fourth-order valence-electron chi connectivity index (χ4n) is 7.50. The van der Waals surface area contributed by atoms with Crippen molar-refractivity contribution in [2.45, 2.75) is 225 Å². The molecule has 0 aliphatic rings. The Kier molecular flexibility index (Phi) is 49.5. The molecule has 3 atom stereocenters. The highest BCUT2D eigenvalue weighted by Gasteiger charge is 2.23. The highest BCUT2D eigenvalue weighted by atomic mass is 31.2. The van der Waals surface area contributed by atoms with Crippen LogP contribution in [-0.2, 0) is 18.4 Å². The molecule has 0 aliphatic carbocycles. The molecule has 8 nitrogen and oxygen atoms in total. The largest absolute Gasteiger partial charge is 0.756 e. The molecule has 0 aliphatic heterocycles. The van der Waals surface area contributed by atoms with E-state index in [0.29, 0.717) is 23.9 Å². The maximum atomic E-state index is 12.9. The van der Waals surface area contributed by atoms with Gasteiger partial charge < -0.3 is 28.8 Å². The van der Waals surface area contributed by atoms with E-state index in [0.717, 1.165) is 96.3 Å². The number of amides is 1. The number of nitrogens with one attached hydrogen (secondary N) is 1. The van der Waals surface area contributed by atoms with E-state index in [-0.39, 0.29) is 12.5 Å². The minimum atomic E-state index is -4.61. The molecular weight excluding hydrogens is 900 g/mol. The highest BCUT2D eigenvalue weighted by molar-refractivity contribution is 7.45. The number of phosphoric acid groups is 1. The smallest absolute Gasteiger partial charge is 0.268 e. The molecule has 0 heterocycles. The van der Waals surface area contributed by atoms with Crippen LogP contribution in [0.1, 0.15) is 213 Å². The van der Waals surface area contributed by atoms with Crippen molar-refractivity contribution in [3.8, 4) is 0 Å². The van der Waals surface area contributed by atoms with Crippen LogP contribution < -0.4 is 10.2 Å². The van der Waals surface area contributed by atoms with Crippen LogP contribution in [0.15, 0.2) is 122 Å². The molecule has 71 heavy (non-hydrogen) atoms. The standard InChI is InChI=1S/C62H107N2O6P/c1-6-8-10-12-14-16-18-20-22-24-26-27-28-29-30-31-32-33-34-35-36-37-38-40-42-44-46-48-50-52-54-56-62(66)63-60(59-70-71(67,68)69-58-57-64(3,4)5)61(65)55-53-51-49-47-45-43-41-39-25-23-21-19-17-15-13-11-9-7-2/h8,10,14,16,20,22,26-27,29-30,32-33,35-36,38,40,44,46,53,55,60-61,65H,6-7,9,11-13,15,17-19,21,23-25,28,31,34,37,39,41-43,45,47-52,54,56-59H2,1-5H3,(H-,63,66,67,68)/b10-8-,16-14-,22-20-,27-26-,30-29-,33-32-,36-35-,40-38-,46-44-,55-53+. The van der Waals surface area contributed by atoms with Gasteiger partial charge in [-0.15, -0.1) is 0 Å². The second-order valence-electron chi connectivity index (χ2n) is 19.9. The number of hydrogen-bond acceptors (Lipinski definition) is 6. The van der Waals surface area contributed by atoms with E-state index in [9.17, 15) is 19.4 Å². The first kappa shape index (κ1) is 67.9. The third-order valence-electron chi connectivity index (χ3n) is 11.9. The Morgan fingerprint density at radius 3 is 1.25 bits per heavy atom. The number of hydrogen-bond donors (Lipinski definition) is 2. The zero-order valence-electron chi connectivity index (χ0n) is 46.1. The Bertz CT molecular complexity index is 1560. The number of carbonyl (C=O) groups excluding carboxylic acids is 1. The summed E-state index contributed by atoms with van der Waals surface area (Å²) < 4.78 is 23.3. The lowest BCUT2D eigenvalue weighted by molar-refractivity contribution is -0.870. The van der Waals surface area contributed by atoms with Crippen LogP contribution in [0.2, 0.25) is 0 Å². The van der Waals surface area contributed by atoms with Crippen molar-refractivity contribution >= 4 is 13.7 Å². The number of allylic oxidation sites excluding steroid dienone is 19. The lowest BCUT2D eigenvalue weighted by Gasteiger charge is -2.29. The van der Waals surface area contributed by atoms with Crippen molar-refractivity contribution in [1.82, 2.24) is 5.32 Å². The minimum Gasteiger partial charge on any atom is -0.756 e. The van der Waals surface area contributed by atoms with Crippen LogP contribution in [0.25, 0.3) is 0 Å². The van der Waals surface area contributed by atoms with Crippen molar-refractivity contribution in [3.05, 3.63) is 122 Å². The van der Waals surface area contributed by atoms with Crippen molar-refractivity contribution in [2.24, 2.45) is 0 Å². The first-order valence-corrected chi connectivity index (χ1v) is 29.9. The normalized spacial score (nSPS) is 14.9. The third kappa shape index (κ3) is 54.5. The van der Waals surface area contributed by atoms with Crippen molar-refractivity contribution in [2.75, 3.05) is 40.9 Å². The quantitative estimate of drug-likeness (QED) is 0.0272. The predicted octanol–water partition coefficient (Wildman–Crippen LogP) is 16.7. The topological polar surface area (TPSA) is 108 Å². The Hall–Kier alpha value is -3.10. The zero-order valence-corrected chi connectivity index (χ0v) is 47.0. The van der Waals surface area contributed by atoms with Gasteiger partial charge in [-0.3, -0.25) is 9.36 Å². The Morgan fingerprint density at radius 2 is 0.859 bits per heavy atom. The summed E-state index contributed by atoms with van der Waals surface area (Å²) in [5, 5.41) is 13.9. The van der Waals surface area contributed by atoms with E-state index >= 15 is 0 Å². The van der Waals surface area contributed by atoms with Crippen LogP contribution in [0, 0.1) is 0 Å². The number of nitrogens with zero attached hydrogens (tertiary/aromatic N) is 1. The van der Waals surface area contributed by atoms with Gasteiger partial charge >= 0.3 is 0 Å². The molecular formula is C62H107N2O6P. The van der Waals surface area contributed by atoms with Crippen molar-refractivity contribution in [1.29, 1.82) is 0 Å². The van der Waals surface area contributed by atoms with Crippen LogP contribution in [0.5, 0.6) is 0 Å². The number of unbranched alkanes of at least 4 members (excludes halogenated alkanes) is 19. The fraction of sp³-hybridized carbons (Fsp3) is 0.661. The van der Waals surface area contributed by atoms with Gasteiger partial charge in [0.25, 0.3) is 7.82 Å². The van der Waals surface area contributed by atoms with Gasteiger partial charge in [0.05, 0.1) is 39.9 Å². The van der Waals surface area contributed by atoms with Gasteiger partial charge in [0.2, 0.25) is 5.91 Å². The molecule has 9 heteroatoms. The van der Waals surface area contributed by atoms with E-state index < -0.39 is 26.6 Å². The Morgan fingerprint density at radius 1 is 0.507 bits per heavy atom. The van der Waals surface area contributed by atoms with E-state index in [1.54, 1.807) is 6.08 Å². The number of quaternary nitrogens is 1. The average Bonchev–Trinajstić information content (AvgIpc) is 3.33. The molecule has 0 aromatic rings. The molecule has 0 saturated carbocycles. The molecule has 1 amide bonds. The summed E-state index contributed by atoms with van der Waals surface area (Å²) in [6.07, 6.45) is 76.9. The van der Waals surface area contributed by atoms with Gasteiger partial charge in [-0.25, -0.2) is 0 Å². The number of phosphoric ester groups is 1. The van der Waals surface area contributed by atoms with Crippen LogP contribution in [0.4, 0.5) is 0 Å². The van der Waals surface area contributed by atoms with Crippen molar-refractivity contribution < 1.29 is 32.9 Å². The van der Waals surface area contributed by atoms with E-state index in [1.165, 1.54) is 89.9 Å². The lowest BCUT2D eigenvalue weighted by atomic mass is 10.0. The SMILES string of the molecule is CC/C=C\C/C=C\C/C=C\C/C=C\C/C=C\C/C=C\C/C=C\C/C=C\C/C=C\CCCCCC(=O)NC(COP(=O)([O-])OCC[N+](C)(C)C)C(O)/C=C/CCCCCCCCCCCCCCCCCC. The summed E-state index contributed by atoms with van der Waals surface area (Å²) in [6, 6.07) is -0.914. The molecule has 0 radical (unpaired) electrons. The van der Waals surface area contributed by atoms with Gasteiger partial charge in [-0.2, -0.15) is 0 Å². The van der Waals surface area contributed by atoms with Crippen LogP contribution in [-0.4, -0.2) is 68.5 Å². The molecule has 0 aromatic heterocycles. The number of carbonyl (C=O) groups is 1. The van der Waals surface area contributed by atoms with Gasteiger partial charge in [-0.1, -0.05) is 238 Å². The van der Waals surface area contributed by atoms with Gasteiger partial charge in [0.15, 0.2) is 0 Å². The number of aliphatic hydroxyl groups excluding tert-OH is 1. The Labute approximate surface area is 437 Å². The molecule has 3 unspecified atom stereocenters. The number of likely N-dealkylation sites (N-methyl/N-ethyl adjacent to an activating group) is 1. The van der Waals surface area contributed by atoms with Crippen molar-refractivity contribution in [3.63, 3.8) is 0 Å². The van der Waals surface area contributed by atoms with Gasteiger partial charge in [0, 0.05) is 6.42 Å². The summed E-state index contributed by atoms with van der Waals surface area (Å²) in [5.74, 6) is -0.234. The third-order valence-corrected chi connectivity index (χ3v) is 12.9. The van der Waals surface area contributed by atoms with Crippen LogP contribution >= 0.6 is 7.82 Å². The molecule has 0 saturated heterocycles. The molecule has 2 N–H and O–H groups in total. The zero-order chi connectivity index (χ0) is 52.0. The number of rotatable bonds is 50. The van der Waals surface area contributed by atoms with E-state index in [4.69, 9.17) is 9.05 Å². The first-order valence-electron chi connectivity index (χ1n) is 28.4. The molecule has 0 aromatic carbocycles. The summed E-state index contributed by atoms with van der Waals surface area (Å²) in [5.41, 5.74) is 0. The lowest BCUT2D eigenvalue weighted by Crippen LogP contribution is -2.45. The minimum absolute atomic E-state index is 0.0145. The van der Waals surface area contributed by atoms with E-state index in [2.05, 4.69) is 129 Å². The van der Waals surface area contributed by atoms with Gasteiger partial charge in [0.1, 0.15) is 13.2 Å². The second kappa shape index (κ2) is 51.8. The monoisotopic (exact) mass is 1010 g/mol. The first-order chi connectivity index (χ1) is 34.5. The second-order valence-corrected chi connectivity index (χ2v) is 21.3. The summed E-state index contributed by atoms with van der Waals surface area (Å²) >= 11 is 0. The predicted molar refractivity (Wildman–Crippen MR) is 306 cm³/mol. The Balaban J connectivity index is 4.35. The van der Waals surface area contributed by atoms with Gasteiger partial charge in [-0.05, 0) is 89.9 Å². The summed E-state index contributed by atoms with van der Waals surface area (Å²) in [4.78, 5) is 25.5. The number of aliphatic hydroxyl groups is 1. The highest BCUT2D eigenvalue weighted by Crippen LogP contribution is 2.38. The summed E-state index contributed by atoms with van der Waals surface area (Å²) in [7, 11) is 1.22. The molecule has 0 fully saturated rings. The van der Waals surface area contributed by atoms with Crippen LogP contribution in [0.3, 0.4) is 0 Å². The molecule has 0 spiro atoms. The molecule has 406 valence electrons. The molecule has 0 bridgehead atoms. The average molecular weight is 1010 g/mol. The van der Waals surface area contributed by atoms with E-state index in [1.807, 2.05) is 27.2 Å². The maximum absolute atomic E-state index is 12.9. The summed E-state index contributed by atoms with van der Waals surface area (Å²) in [6.45, 7) is 4.50. The molecule has 0 rings (SSSR count).